The van der Waals surface area contributed by atoms with Crippen LogP contribution in [0.3, 0.4) is 0 Å². The standard InChI is InChI=1S/C21H19ClF2N2/c22-16-9-7-15(8-10-16)14-26-13-3-12-25-11-2-6-19(25)21(26)17-4-1-5-18(23)20(17)24/h1-2,4-11,21H,3,12-14H2/t21-/m1/s1. The summed E-state index contributed by atoms with van der Waals surface area (Å²) in [6.45, 7) is 2.31. The maximum Gasteiger partial charge on any atom is 0.163 e. The third-order valence-electron chi connectivity index (χ3n) is 4.93. The molecule has 1 aliphatic heterocycles. The molecule has 0 saturated heterocycles. The smallest absolute Gasteiger partial charge is 0.163 e. The Hall–Kier alpha value is -2.17. The van der Waals surface area contributed by atoms with Gasteiger partial charge in [-0.1, -0.05) is 35.9 Å². The van der Waals surface area contributed by atoms with E-state index >= 15 is 0 Å². The summed E-state index contributed by atoms with van der Waals surface area (Å²) < 4.78 is 30.7. The Morgan fingerprint density at radius 2 is 1.77 bits per heavy atom. The van der Waals surface area contributed by atoms with Gasteiger partial charge in [0.1, 0.15) is 0 Å². The summed E-state index contributed by atoms with van der Waals surface area (Å²) in [5, 5.41) is 0.686. The van der Waals surface area contributed by atoms with E-state index in [9.17, 15) is 8.78 Å². The van der Waals surface area contributed by atoms with Crippen LogP contribution in [-0.2, 0) is 13.1 Å². The molecule has 0 radical (unpaired) electrons. The fourth-order valence-corrected chi connectivity index (χ4v) is 3.85. The van der Waals surface area contributed by atoms with E-state index in [-0.39, 0.29) is 6.04 Å². The van der Waals surface area contributed by atoms with Crippen molar-refractivity contribution in [2.24, 2.45) is 0 Å². The van der Waals surface area contributed by atoms with Gasteiger partial charge in [0, 0.05) is 42.1 Å². The monoisotopic (exact) mass is 372 g/mol. The van der Waals surface area contributed by atoms with Crippen molar-refractivity contribution in [3.63, 3.8) is 0 Å². The summed E-state index contributed by atoms with van der Waals surface area (Å²) >= 11 is 5.99. The van der Waals surface area contributed by atoms with Crippen LogP contribution in [0.1, 0.15) is 29.3 Å². The van der Waals surface area contributed by atoms with Crippen LogP contribution in [0.25, 0.3) is 0 Å². The highest BCUT2D eigenvalue weighted by atomic mass is 35.5. The summed E-state index contributed by atoms with van der Waals surface area (Å²) in [6, 6.07) is 15.7. The van der Waals surface area contributed by atoms with Crippen LogP contribution >= 0.6 is 11.6 Å². The second kappa shape index (κ2) is 7.22. The summed E-state index contributed by atoms with van der Waals surface area (Å²) in [5.41, 5.74) is 2.46. The van der Waals surface area contributed by atoms with E-state index in [2.05, 4.69) is 9.47 Å². The molecule has 2 heterocycles. The Morgan fingerprint density at radius 3 is 2.58 bits per heavy atom. The number of aryl methyl sites for hydroxylation is 1. The first kappa shape index (κ1) is 17.3. The maximum atomic E-state index is 14.7. The third-order valence-corrected chi connectivity index (χ3v) is 5.18. The van der Waals surface area contributed by atoms with Crippen molar-refractivity contribution < 1.29 is 8.78 Å². The van der Waals surface area contributed by atoms with Gasteiger partial charge in [-0.3, -0.25) is 4.90 Å². The molecule has 4 rings (SSSR count). The molecule has 3 aromatic rings. The molecule has 0 fully saturated rings. The first-order valence-electron chi connectivity index (χ1n) is 8.71. The highest BCUT2D eigenvalue weighted by Gasteiger charge is 2.30. The lowest BCUT2D eigenvalue weighted by Crippen LogP contribution is -2.30. The minimum atomic E-state index is -0.809. The van der Waals surface area contributed by atoms with E-state index in [0.29, 0.717) is 17.1 Å². The maximum absolute atomic E-state index is 14.7. The minimum absolute atomic E-state index is 0.334. The second-order valence-corrected chi connectivity index (χ2v) is 7.06. The summed E-state index contributed by atoms with van der Waals surface area (Å²) in [5.74, 6) is -1.58. The zero-order valence-electron chi connectivity index (χ0n) is 14.2. The van der Waals surface area contributed by atoms with Crippen molar-refractivity contribution in [3.05, 3.63) is 94.3 Å². The van der Waals surface area contributed by atoms with Crippen LogP contribution in [0.4, 0.5) is 8.78 Å². The predicted molar refractivity (Wildman–Crippen MR) is 99.1 cm³/mol. The van der Waals surface area contributed by atoms with Crippen molar-refractivity contribution in [3.8, 4) is 0 Å². The molecule has 0 aliphatic carbocycles. The highest BCUT2D eigenvalue weighted by molar-refractivity contribution is 6.30. The van der Waals surface area contributed by atoms with Gasteiger partial charge in [-0.15, -0.1) is 0 Å². The first-order valence-corrected chi connectivity index (χ1v) is 9.09. The zero-order chi connectivity index (χ0) is 18.1. The molecule has 0 saturated carbocycles. The van der Waals surface area contributed by atoms with Crippen LogP contribution in [0, 0.1) is 11.6 Å². The van der Waals surface area contributed by atoms with Crippen LogP contribution in [0.2, 0.25) is 5.02 Å². The Morgan fingerprint density at radius 1 is 0.962 bits per heavy atom. The van der Waals surface area contributed by atoms with E-state index in [1.165, 1.54) is 0 Å². The first-order chi connectivity index (χ1) is 12.6. The Labute approximate surface area is 156 Å². The average Bonchev–Trinajstić information content (AvgIpc) is 3.02. The van der Waals surface area contributed by atoms with Crippen molar-refractivity contribution >= 4 is 11.6 Å². The molecular weight excluding hydrogens is 354 g/mol. The molecule has 0 N–H and O–H groups in total. The molecule has 26 heavy (non-hydrogen) atoms. The number of nitrogens with zero attached hydrogens (tertiary/aromatic N) is 2. The number of hydrogen-bond acceptors (Lipinski definition) is 1. The number of rotatable bonds is 3. The largest absolute Gasteiger partial charge is 0.350 e. The van der Waals surface area contributed by atoms with E-state index in [1.54, 1.807) is 12.1 Å². The van der Waals surface area contributed by atoms with Crippen molar-refractivity contribution in [2.75, 3.05) is 6.54 Å². The number of aromatic nitrogens is 1. The van der Waals surface area contributed by atoms with Gasteiger partial charge in [0.05, 0.1) is 6.04 Å². The zero-order valence-corrected chi connectivity index (χ0v) is 15.0. The van der Waals surface area contributed by atoms with Crippen LogP contribution in [0.15, 0.2) is 60.8 Å². The van der Waals surface area contributed by atoms with Crippen LogP contribution in [-0.4, -0.2) is 16.0 Å². The Balaban J connectivity index is 1.78. The lowest BCUT2D eigenvalue weighted by atomic mass is 10.00. The van der Waals surface area contributed by atoms with Gasteiger partial charge in [-0.2, -0.15) is 0 Å². The Kier molecular flexibility index (Phi) is 4.79. The minimum Gasteiger partial charge on any atom is -0.350 e. The molecule has 0 unspecified atom stereocenters. The molecule has 5 heteroatoms. The average molecular weight is 373 g/mol. The van der Waals surface area contributed by atoms with Gasteiger partial charge in [0.2, 0.25) is 0 Å². The topological polar surface area (TPSA) is 8.17 Å². The predicted octanol–water partition coefficient (Wildman–Crippen LogP) is 5.42. The molecule has 0 bridgehead atoms. The highest BCUT2D eigenvalue weighted by Crippen LogP contribution is 2.35. The van der Waals surface area contributed by atoms with Crippen LogP contribution < -0.4 is 0 Å². The second-order valence-electron chi connectivity index (χ2n) is 6.62. The van der Waals surface area contributed by atoms with E-state index < -0.39 is 11.6 Å². The molecule has 0 spiro atoms. The third kappa shape index (κ3) is 3.27. The van der Waals surface area contributed by atoms with Gasteiger partial charge < -0.3 is 4.57 Å². The molecule has 2 nitrogen and oxygen atoms in total. The number of benzene rings is 2. The quantitative estimate of drug-likeness (QED) is 0.596. The molecule has 1 aliphatic rings. The SMILES string of the molecule is Fc1cccc([C@@H]2c3cccn3CCCN2Cc2ccc(Cl)cc2)c1F. The van der Waals surface area contributed by atoms with E-state index in [0.717, 1.165) is 36.8 Å². The fourth-order valence-electron chi connectivity index (χ4n) is 3.72. The van der Waals surface area contributed by atoms with Crippen molar-refractivity contribution in [1.29, 1.82) is 0 Å². The Bertz CT molecular complexity index is 905. The fraction of sp³-hybridized carbons (Fsp3) is 0.238. The molecular formula is C21H19ClF2N2. The van der Waals surface area contributed by atoms with Gasteiger partial charge >= 0.3 is 0 Å². The van der Waals surface area contributed by atoms with Crippen molar-refractivity contribution in [1.82, 2.24) is 9.47 Å². The van der Waals surface area contributed by atoms with Crippen molar-refractivity contribution in [2.45, 2.75) is 25.6 Å². The van der Waals surface area contributed by atoms with Gasteiger partial charge in [0.25, 0.3) is 0 Å². The number of halogens is 3. The molecule has 1 aromatic heterocycles. The summed E-state index contributed by atoms with van der Waals surface area (Å²) in [7, 11) is 0. The number of fused-ring (bicyclic) bond motifs is 1. The van der Waals surface area contributed by atoms with Gasteiger partial charge in [-0.25, -0.2) is 8.78 Å². The van der Waals surface area contributed by atoms with E-state index in [1.807, 2.05) is 42.6 Å². The van der Waals surface area contributed by atoms with E-state index in [4.69, 9.17) is 11.6 Å². The van der Waals surface area contributed by atoms with Crippen LogP contribution in [0.5, 0.6) is 0 Å². The molecule has 1 atom stereocenters. The molecule has 0 amide bonds. The molecule has 134 valence electrons. The number of hydrogen-bond donors (Lipinski definition) is 0. The summed E-state index contributed by atoms with van der Waals surface area (Å²) in [6.07, 6.45) is 2.95. The molecule has 2 aromatic carbocycles. The van der Waals surface area contributed by atoms with Gasteiger partial charge in [0.15, 0.2) is 11.6 Å². The van der Waals surface area contributed by atoms with Gasteiger partial charge in [-0.05, 0) is 42.3 Å². The lowest BCUT2D eigenvalue weighted by molar-refractivity contribution is 0.215. The normalized spacial score (nSPS) is 17.7. The lowest BCUT2D eigenvalue weighted by Gasteiger charge is -2.31. The summed E-state index contributed by atoms with van der Waals surface area (Å²) in [4.78, 5) is 2.21.